The van der Waals surface area contributed by atoms with Crippen molar-refractivity contribution in [2.24, 2.45) is 11.8 Å². The number of fused-ring (bicyclic) bond motifs is 1. The Morgan fingerprint density at radius 2 is 1.84 bits per heavy atom. The molecule has 1 saturated carbocycles. The highest BCUT2D eigenvalue weighted by Crippen LogP contribution is 2.55. The van der Waals surface area contributed by atoms with Crippen molar-refractivity contribution in [2.75, 3.05) is 31.7 Å². The van der Waals surface area contributed by atoms with Crippen LogP contribution >= 0.6 is 0 Å². The van der Waals surface area contributed by atoms with Crippen LogP contribution in [0.25, 0.3) is 0 Å². The maximum atomic E-state index is 13.9. The first-order valence-corrected chi connectivity index (χ1v) is 14.1. The number of anilines is 1. The largest absolute Gasteiger partial charge is 0.494 e. The summed E-state index contributed by atoms with van der Waals surface area (Å²) in [6.07, 6.45) is 9.00. The molecule has 2 N–H and O–H groups in total. The van der Waals surface area contributed by atoms with Gasteiger partial charge in [0.2, 0.25) is 17.7 Å². The maximum absolute atomic E-state index is 13.9. The third-order valence-electron chi connectivity index (χ3n) is 8.20. The summed E-state index contributed by atoms with van der Waals surface area (Å²) in [6, 6.07) is 6.44. The minimum atomic E-state index is -1.15. The van der Waals surface area contributed by atoms with Crippen LogP contribution in [-0.2, 0) is 23.9 Å². The van der Waals surface area contributed by atoms with Crippen molar-refractivity contribution in [2.45, 2.75) is 76.2 Å². The van der Waals surface area contributed by atoms with Crippen molar-refractivity contribution in [3.8, 4) is 5.75 Å². The molecule has 0 unspecified atom stereocenters. The van der Waals surface area contributed by atoms with E-state index in [-0.39, 0.29) is 23.8 Å². The van der Waals surface area contributed by atoms with E-state index in [1.807, 2.05) is 26.0 Å². The number of nitrogens with zero attached hydrogens (tertiary/aromatic N) is 1. The Labute approximate surface area is 224 Å². The summed E-state index contributed by atoms with van der Waals surface area (Å²) < 4.78 is 17.4. The Kier molecular flexibility index (Phi) is 8.04. The second-order valence-electron chi connectivity index (χ2n) is 10.6. The van der Waals surface area contributed by atoms with Crippen molar-refractivity contribution in [3.63, 3.8) is 0 Å². The molecule has 9 nitrogen and oxygen atoms in total. The number of nitrogens with one attached hydrogen (secondary N) is 2. The van der Waals surface area contributed by atoms with Crippen molar-refractivity contribution >= 4 is 23.4 Å². The molecule has 5 atom stereocenters. The van der Waals surface area contributed by atoms with Crippen molar-refractivity contribution in [1.82, 2.24) is 10.2 Å². The summed E-state index contributed by atoms with van der Waals surface area (Å²) in [5, 5.41) is 6.17. The van der Waals surface area contributed by atoms with E-state index < -0.39 is 29.6 Å². The minimum absolute atomic E-state index is 0.105. The Morgan fingerprint density at radius 3 is 2.55 bits per heavy atom. The average Bonchev–Trinajstić information content (AvgIpc) is 3.56. The molecular formula is C29H39N3O6. The number of hydrogen-bond acceptors (Lipinski definition) is 6. The number of benzene rings is 1. The van der Waals surface area contributed by atoms with E-state index in [1.54, 1.807) is 29.2 Å². The van der Waals surface area contributed by atoms with Gasteiger partial charge in [-0.1, -0.05) is 31.4 Å². The average molecular weight is 526 g/mol. The smallest absolute Gasteiger partial charge is 0.246 e. The lowest BCUT2D eigenvalue weighted by Crippen LogP contribution is -2.56. The van der Waals surface area contributed by atoms with E-state index in [0.29, 0.717) is 38.5 Å². The quantitative estimate of drug-likeness (QED) is 0.340. The predicted octanol–water partition coefficient (Wildman–Crippen LogP) is 3.05. The summed E-state index contributed by atoms with van der Waals surface area (Å²) >= 11 is 0. The molecule has 3 fully saturated rings. The molecule has 0 aromatic heterocycles. The first-order chi connectivity index (χ1) is 18.5. The van der Waals surface area contributed by atoms with E-state index in [0.717, 1.165) is 31.4 Å². The van der Waals surface area contributed by atoms with Crippen LogP contribution in [0.1, 0.15) is 52.4 Å². The van der Waals surface area contributed by atoms with Crippen LogP contribution < -0.4 is 15.4 Å². The van der Waals surface area contributed by atoms with Gasteiger partial charge in [-0.05, 0) is 57.4 Å². The summed E-state index contributed by atoms with van der Waals surface area (Å²) in [4.78, 5) is 42.9. The fourth-order valence-corrected chi connectivity index (χ4v) is 6.54. The fourth-order valence-electron chi connectivity index (χ4n) is 6.54. The van der Waals surface area contributed by atoms with Crippen molar-refractivity contribution < 1.29 is 28.6 Å². The van der Waals surface area contributed by atoms with Gasteiger partial charge >= 0.3 is 0 Å². The third kappa shape index (κ3) is 4.94. The summed E-state index contributed by atoms with van der Waals surface area (Å²) in [6.45, 7) is 5.85. The Hall–Kier alpha value is -2.91. The van der Waals surface area contributed by atoms with Gasteiger partial charge < -0.3 is 29.7 Å². The Balaban J connectivity index is 1.37. The van der Waals surface area contributed by atoms with E-state index in [2.05, 4.69) is 10.6 Å². The molecule has 9 heteroatoms. The first kappa shape index (κ1) is 26.7. The molecule has 206 valence electrons. The SMILES string of the molecule is CCOCCCN1C(=O)[C@H]2[C@@H](C(=O)Nc3ccc(OCC)cc3)[C@H]3C=C[C@@]2(O3)[C@H]1C(=O)NC1CCCCC1. The van der Waals surface area contributed by atoms with E-state index in [1.165, 1.54) is 6.42 Å². The number of carbonyl (C=O) groups excluding carboxylic acids is 3. The third-order valence-corrected chi connectivity index (χ3v) is 8.20. The van der Waals surface area contributed by atoms with Gasteiger partial charge in [0.25, 0.3) is 0 Å². The molecular weight excluding hydrogens is 486 g/mol. The highest BCUT2D eigenvalue weighted by Gasteiger charge is 2.72. The molecule has 2 saturated heterocycles. The highest BCUT2D eigenvalue weighted by molar-refractivity contribution is 6.02. The molecule has 1 aliphatic carbocycles. The van der Waals surface area contributed by atoms with Crippen LogP contribution in [0.3, 0.4) is 0 Å². The molecule has 38 heavy (non-hydrogen) atoms. The number of likely N-dealkylation sites (tertiary alicyclic amines) is 1. The van der Waals surface area contributed by atoms with Gasteiger partial charge in [-0.2, -0.15) is 0 Å². The van der Waals surface area contributed by atoms with E-state index >= 15 is 0 Å². The summed E-state index contributed by atoms with van der Waals surface area (Å²) in [7, 11) is 0. The van der Waals surface area contributed by atoms with Gasteiger partial charge in [-0.15, -0.1) is 0 Å². The number of hydrogen-bond donors (Lipinski definition) is 2. The van der Waals surface area contributed by atoms with Gasteiger partial charge in [-0.3, -0.25) is 14.4 Å². The summed E-state index contributed by atoms with van der Waals surface area (Å²) in [5.41, 5.74) is -0.530. The predicted molar refractivity (Wildman–Crippen MR) is 142 cm³/mol. The lowest BCUT2D eigenvalue weighted by Gasteiger charge is -2.34. The Morgan fingerprint density at radius 1 is 1.08 bits per heavy atom. The molecule has 3 aliphatic heterocycles. The molecule has 5 rings (SSSR count). The van der Waals surface area contributed by atoms with Crippen LogP contribution in [0.4, 0.5) is 5.69 Å². The van der Waals surface area contributed by atoms with Crippen LogP contribution in [0.5, 0.6) is 5.75 Å². The molecule has 0 radical (unpaired) electrons. The van der Waals surface area contributed by atoms with E-state index in [9.17, 15) is 14.4 Å². The number of rotatable bonds is 11. The van der Waals surface area contributed by atoms with Gasteiger partial charge in [0, 0.05) is 31.5 Å². The molecule has 2 bridgehead atoms. The lowest BCUT2D eigenvalue weighted by molar-refractivity contribution is -0.141. The number of carbonyl (C=O) groups is 3. The molecule has 1 spiro atoms. The van der Waals surface area contributed by atoms with Crippen LogP contribution in [-0.4, -0.2) is 72.8 Å². The molecule has 1 aromatic carbocycles. The maximum Gasteiger partial charge on any atom is 0.246 e. The molecule has 1 aromatic rings. The van der Waals surface area contributed by atoms with Crippen molar-refractivity contribution in [1.29, 1.82) is 0 Å². The van der Waals surface area contributed by atoms with Gasteiger partial charge in [0.15, 0.2) is 0 Å². The Bertz CT molecular complexity index is 1050. The minimum Gasteiger partial charge on any atom is -0.494 e. The molecule has 3 amide bonds. The molecule has 4 aliphatic rings. The monoisotopic (exact) mass is 525 g/mol. The lowest BCUT2D eigenvalue weighted by atomic mass is 9.74. The van der Waals surface area contributed by atoms with Gasteiger partial charge in [0.1, 0.15) is 17.4 Å². The van der Waals surface area contributed by atoms with E-state index in [4.69, 9.17) is 14.2 Å². The fraction of sp³-hybridized carbons (Fsp3) is 0.621. The molecule has 3 heterocycles. The second kappa shape index (κ2) is 11.5. The van der Waals surface area contributed by atoms with Crippen LogP contribution in [0.2, 0.25) is 0 Å². The zero-order valence-electron chi connectivity index (χ0n) is 22.3. The van der Waals surface area contributed by atoms with Crippen LogP contribution in [0.15, 0.2) is 36.4 Å². The number of ether oxygens (including phenoxy) is 3. The normalized spacial score (nSPS) is 29.9. The summed E-state index contributed by atoms with van der Waals surface area (Å²) in [5.74, 6) is -1.44. The first-order valence-electron chi connectivity index (χ1n) is 14.1. The highest BCUT2D eigenvalue weighted by atomic mass is 16.5. The van der Waals surface area contributed by atoms with Crippen molar-refractivity contribution in [3.05, 3.63) is 36.4 Å². The standard InChI is InChI=1S/C29H39N3O6/c1-3-36-18-8-17-32-25(27(34)31-19-9-6-5-7-10-19)29-16-15-22(38-29)23(24(29)28(32)35)26(33)30-20-11-13-21(14-12-20)37-4-2/h11-16,19,22-25H,3-10,17-18H2,1-2H3,(H,30,33)(H,31,34)/t22-,23+,24-,25-,29+/m1/s1. The van der Waals surface area contributed by atoms with Gasteiger partial charge in [0.05, 0.1) is 24.5 Å². The topological polar surface area (TPSA) is 106 Å². The zero-order valence-corrected chi connectivity index (χ0v) is 22.3. The zero-order chi connectivity index (χ0) is 26.7. The number of amides is 3. The van der Waals surface area contributed by atoms with Crippen LogP contribution in [0, 0.1) is 11.8 Å². The second-order valence-corrected chi connectivity index (χ2v) is 10.6. The van der Waals surface area contributed by atoms with Gasteiger partial charge in [-0.25, -0.2) is 0 Å².